The summed E-state index contributed by atoms with van der Waals surface area (Å²) in [6.45, 7) is 4.67. The number of amides is 2. The Labute approximate surface area is 233 Å². The second-order valence-electron chi connectivity index (χ2n) is 10.4. The van der Waals surface area contributed by atoms with Gasteiger partial charge in [-0.2, -0.15) is 8.78 Å². The predicted molar refractivity (Wildman–Crippen MR) is 140 cm³/mol. The van der Waals surface area contributed by atoms with Crippen molar-refractivity contribution in [1.29, 1.82) is 0 Å². The van der Waals surface area contributed by atoms with Crippen LogP contribution in [0.1, 0.15) is 30.6 Å². The lowest BCUT2D eigenvalue weighted by atomic mass is 9.97. The Kier molecular flexibility index (Phi) is 7.34. The summed E-state index contributed by atoms with van der Waals surface area (Å²) in [5.74, 6) is -2.04. The molecule has 3 aliphatic rings. The molecule has 2 aromatic rings. The van der Waals surface area contributed by atoms with Crippen LogP contribution in [-0.2, 0) is 9.53 Å². The van der Waals surface area contributed by atoms with E-state index < -0.39 is 41.8 Å². The molecule has 0 saturated carbocycles. The number of aromatic hydroxyl groups is 1. The number of alkyl halides is 2. The third-order valence-electron chi connectivity index (χ3n) is 7.79. The Morgan fingerprint density at radius 1 is 1.30 bits per heavy atom. The third-order valence-corrected chi connectivity index (χ3v) is 8.14. The molecule has 1 N–H and O–H groups in total. The maximum Gasteiger partial charge on any atom is 0.345 e. The molecule has 214 valence electrons. The number of nitrogens with zero attached hydrogens (tertiary/aromatic N) is 4. The topological polar surface area (TPSA) is 95.4 Å². The molecule has 1 unspecified atom stereocenters. The molecule has 2 saturated heterocycles. The molecule has 5 rings (SSSR count). The molecule has 0 radical (unpaired) electrons. The number of hydrogen-bond donors (Lipinski definition) is 1. The fraction of sp³-hybridized carbons (Fsp3) is 0.444. The van der Waals surface area contributed by atoms with Gasteiger partial charge in [0.1, 0.15) is 40.3 Å². The van der Waals surface area contributed by atoms with E-state index in [1.807, 2.05) is 0 Å². The van der Waals surface area contributed by atoms with Gasteiger partial charge in [-0.05, 0) is 38.5 Å². The Morgan fingerprint density at radius 3 is 2.73 bits per heavy atom. The van der Waals surface area contributed by atoms with E-state index >= 15 is 4.39 Å². The number of halogens is 4. The van der Waals surface area contributed by atoms with Crippen molar-refractivity contribution in [3.63, 3.8) is 0 Å². The van der Waals surface area contributed by atoms with E-state index in [4.69, 9.17) is 21.1 Å². The summed E-state index contributed by atoms with van der Waals surface area (Å²) in [5.41, 5.74) is -1.55. The number of carbonyl (C=O) groups excluding carboxylic acids is 2. The van der Waals surface area contributed by atoms with Gasteiger partial charge in [-0.25, -0.2) is 9.37 Å². The van der Waals surface area contributed by atoms with Crippen molar-refractivity contribution in [2.45, 2.75) is 44.6 Å². The highest BCUT2D eigenvalue weighted by Crippen LogP contribution is 2.48. The van der Waals surface area contributed by atoms with E-state index in [-0.39, 0.29) is 78.5 Å². The van der Waals surface area contributed by atoms with Gasteiger partial charge in [0.25, 0.3) is 5.91 Å². The molecule has 1 aromatic heterocycles. The van der Waals surface area contributed by atoms with Crippen LogP contribution >= 0.6 is 11.6 Å². The minimum absolute atomic E-state index is 0.0126. The van der Waals surface area contributed by atoms with E-state index in [0.29, 0.717) is 0 Å². The number of carbonyl (C=O) groups is 2. The van der Waals surface area contributed by atoms with Crippen LogP contribution < -0.4 is 9.64 Å². The maximum absolute atomic E-state index is 15.0. The van der Waals surface area contributed by atoms with Crippen molar-refractivity contribution >= 4 is 29.2 Å². The summed E-state index contributed by atoms with van der Waals surface area (Å²) < 4.78 is 52.4. The molecular formula is C27H28ClF3N4O5. The van der Waals surface area contributed by atoms with E-state index in [0.717, 1.165) is 6.07 Å². The average molecular weight is 581 g/mol. The summed E-state index contributed by atoms with van der Waals surface area (Å²) in [7, 11) is 0. The van der Waals surface area contributed by atoms with Crippen LogP contribution in [0.5, 0.6) is 11.5 Å². The first-order valence-corrected chi connectivity index (χ1v) is 13.1. The molecule has 0 spiro atoms. The number of aromatic nitrogens is 1. The largest absolute Gasteiger partial charge is 0.507 e. The number of ether oxygens (including phenoxy) is 2. The number of fused-ring (bicyclic) bond motifs is 2. The zero-order valence-electron chi connectivity index (χ0n) is 21.9. The van der Waals surface area contributed by atoms with E-state index in [9.17, 15) is 23.5 Å². The number of phenolic OH excluding ortho intramolecular Hbond substituents is 1. The number of hydrogen-bond acceptors (Lipinski definition) is 7. The first kappa shape index (κ1) is 28.0. The van der Waals surface area contributed by atoms with Gasteiger partial charge in [-0.3, -0.25) is 9.59 Å². The SMILES string of the molecule is C=CC(=O)N1CCN2C(=O)c3c(N4CCC(OC(F)F)C4(C)C)nc(-c4c(O)cccc4F)c(Cl)c3OC[C@H]2C1. The number of rotatable bonds is 5. The second kappa shape index (κ2) is 10.5. The van der Waals surface area contributed by atoms with E-state index in [2.05, 4.69) is 11.6 Å². The summed E-state index contributed by atoms with van der Waals surface area (Å²) in [6.07, 6.45) is 0.494. The molecule has 4 heterocycles. The monoisotopic (exact) mass is 580 g/mol. The summed E-state index contributed by atoms with van der Waals surface area (Å²) >= 11 is 6.73. The highest BCUT2D eigenvalue weighted by atomic mass is 35.5. The van der Waals surface area contributed by atoms with Crippen LogP contribution in [0.4, 0.5) is 19.0 Å². The number of phenols is 1. The van der Waals surface area contributed by atoms with E-state index in [1.54, 1.807) is 28.5 Å². The highest BCUT2D eigenvalue weighted by Gasteiger charge is 2.48. The molecule has 2 amide bonds. The predicted octanol–water partition coefficient (Wildman–Crippen LogP) is 4.07. The zero-order valence-corrected chi connectivity index (χ0v) is 22.6. The first-order chi connectivity index (χ1) is 18.9. The molecule has 2 atom stereocenters. The normalized spacial score (nSPS) is 22.1. The second-order valence-corrected chi connectivity index (χ2v) is 10.7. The van der Waals surface area contributed by atoms with Crippen LogP contribution in [0.25, 0.3) is 11.3 Å². The summed E-state index contributed by atoms with van der Waals surface area (Å²) in [6, 6.07) is 3.18. The van der Waals surface area contributed by atoms with Crippen molar-refractivity contribution in [2.75, 3.05) is 37.7 Å². The zero-order chi connectivity index (χ0) is 28.9. The van der Waals surface area contributed by atoms with Crippen LogP contribution in [0.3, 0.4) is 0 Å². The maximum atomic E-state index is 15.0. The van der Waals surface area contributed by atoms with Gasteiger partial charge >= 0.3 is 6.61 Å². The van der Waals surface area contributed by atoms with Gasteiger partial charge in [-0.1, -0.05) is 24.2 Å². The lowest BCUT2D eigenvalue weighted by molar-refractivity contribution is -0.171. The average Bonchev–Trinajstić information content (AvgIpc) is 3.10. The van der Waals surface area contributed by atoms with Gasteiger partial charge in [0, 0.05) is 26.2 Å². The Bertz CT molecular complexity index is 1350. The van der Waals surface area contributed by atoms with Crippen LogP contribution in [0.2, 0.25) is 5.02 Å². The van der Waals surface area contributed by atoms with Gasteiger partial charge < -0.3 is 29.3 Å². The minimum atomic E-state index is -3.01. The molecule has 13 heteroatoms. The van der Waals surface area contributed by atoms with Crippen LogP contribution in [0, 0.1) is 5.82 Å². The lowest BCUT2D eigenvalue weighted by Crippen LogP contribution is -2.57. The van der Waals surface area contributed by atoms with Crippen molar-refractivity contribution in [3.8, 4) is 22.8 Å². The Balaban J connectivity index is 1.68. The number of piperazine rings is 1. The minimum Gasteiger partial charge on any atom is -0.507 e. The Hall–Kier alpha value is -3.51. The standard InChI is InChI=1S/C27H28ClF3N4O5/c1-4-18(37)33-10-11-34-14(12-33)13-39-23-20(25(34)38)24(35-9-8-17(27(35,2)3)40-26(30)31)32-22(21(23)28)19-15(29)6-5-7-16(19)36/h4-7,14,17,26,36H,1,8-13H2,2-3H3/t14-,17?/m1/s1. The number of benzene rings is 1. The number of pyridine rings is 1. The van der Waals surface area contributed by atoms with Gasteiger partial charge in [0.2, 0.25) is 5.91 Å². The molecule has 0 aliphatic carbocycles. The summed E-state index contributed by atoms with van der Waals surface area (Å²) in [4.78, 5) is 35.7. The molecule has 0 bridgehead atoms. The van der Waals surface area contributed by atoms with Gasteiger partial charge in [-0.15, -0.1) is 0 Å². The Morgan fingerprint density at radius 2 is 2.05 bits per heavy atom. The van der Waals surface area contributed by atoms with Gasteiger partial charge in [0.05, 0.1) is 23.2 Å². The third kappa shape index (κ3) is 4.62. The molecule has 2 fully saturated rings. The van der Waals surface area contributed by atoms with Crippen molar-refractivity contribution in [3.05, 3.63) is 47.3 Å². The van der Waals surface area contributed by atoms with Crippen molar-refractivity contribution in [2.24, 2.45) is 0 Å². The smallest absolute Gasteiger partial charge is 0.345 e. The van der Waals surface area contributed by atoms with Crippen molar-refractivity contribution in [1.82, 2.24) is 14.8 Å². The highest BCUT2D eigenvalue weighted by molar-refractivity contribution is 6.35. The number of anilines is 1. The quantitative estimate of drug-likeness (QED) is 0.533. The first-order valence-electron chi connectivity index (χ1n) is 12.7. The fourth-order valence-corrected chi connectivity index (χ4v) is 5.97. The molecule has 1 aromatic carbocycles. The van der Waals surface area contributed by atoms with Crippen molar-refractivity contribution < 1.29 is 37.3 Å². The fourth-order valence-electron chi connectivity index (χ4n) is 5.68. The van der Waals surface area contributed by atoms with E-state index in [1.165, 1.54) is 18.2 Å². The van der Waals surface area contributed by atoms with Crippen LogP contribution in [-0.4, -0.2) is 88.8 Å². The lowest BCUT2D eigenvalue weighted by Gasteiger charge is -2.40. The molecule has 40 heavy (non-hydrogen) atoms. The summed E-state index contributed by atoms with van der Waals surface area (Å²) in [5, 5.41) is 10.3. The molecule has 3 aliphatic heterocycles. The van der Waals surface area contributed by atoms with Gasteiger partial charge in [0.15, 0.2) is 5.75 Å². The molecule has 9 nitrogen and oxygen atoms in total. The molecular weight excluding hydrogens is 553 g/mol. The van der Waals surface area contributed by atoms with Crippen LogP contribution in [0.15, 0.2) is 30.9 Å².